The molecule has 1 heterocycles. The van der Waals surface area contributed by atoms with Gasteiger partial charge in [0.1, 0.15) is 0 Å². The number of hydrazone groups is 1. The number of aryl methyl sites for hydroxylation is 1. The maximum absolute atomic E-state index is 12.8. The highest BCUT2D eigenvalue weighted by Crippen LogP contribution is 2.22. The first-order chi connectivity index (χ1) is 16.8. The van der Waals surface area contributed by atoms with Crippen LogP contribution in [0.15, 0.2) is 101 Å². The summed E-state index contributed by atoms with van der Waals surface area (Å²) in [6, 6.07) is 26.5. The van der Waals surface area contributed by atoms with E-state index in [1.807, 2.05) is 50.2 Å². The normalized spacial score (nSPS) is 11.5. The van der Waals surface area contributed by atoms with Gasteiger partial charge in [0.2, 0.25) is 0 Å². The molecule has 1 amide bonds. The molecule has 4 rings (SSSR count). The number of sulfonamides is 1. The van der Waals surface area contributed by atoms with Crippen LogP contribution in [0.4, 0.5) is 5.69 Å². The Morgan fingerprint density at radius 2 is 1.51 bits per heavy atom. The van der Waals surface area contributed by atoms with Crippen LogP contribution >= 0.6 is 0 Å². The molecule has 178 valence electrons. The number of hydrogen-bond donors (Lipinski definition) is 1. The van der Waals surface area contributed by atoms with Gasteiger partial charge in [-0.05, 0) is 68.4 Å². The molecule has 0 bridgehead atoms. The van der Waals surface area contributed by atoms with Crippen LogP contribution in [0.5, 0.6) is 0 Å². The van der Waals surface area contributed by atoms with E-state index in [1.54, 1.807) is 60.8 Å². The van der Waals surface area contributed by atoms with E-state index in [9.17, 15) is 13.2 Å². The van der Waals surface area contributed by atoms with E-state index < -0.39 is 15.9 Å². The van der Waals surface area contributed by atoms with Crippen molar-refractivity contribution in [2.75, 3.05) is 11.4 Å². The Morgan fingerprint density at radius 1 is 0.914 bits per heavy atom. The molecule has 0 aliphatic rings. The maximum atomic E-state index is 12.8. The van der Waals surface area contributed by atoms with Crippen LogP contribution in [0.3, 0.4) is 0 Å². The Kier molecular flexibility index (Phi) is 6.84. The average molecular weight is 487 g/mol. The summed E-state index contributed by atoms with van der Waals surface area (Å²) in [7, 11) is -2.21. The number of rotatable bonds is 7. The summed E-state index contributed by atoms with van der Waals surface area (Å²) in [4.78, 5) is 12.8. The standard InChI is InChI=1S/C27H26N4O3S/c1-20-18-23(21(2)31(20)25-10-6-4-7-11-25)19-28-29-27(32)22-14-16-24(17-15-22)30(3)35(33,34)26-12-8-5-9-13-26/h4-19H,1-3H3,(H,29,32)/b28-19-. The second-order valence-electron chi connectivity index (χ2n) is 8.03. The van der Waals surface area contributed by atoms with Crippen LogP contribution in [-0.2, 0) is 10.0 Å². The molecule has 0 spiro atoms. The number of carbonyl (C=O) groups is 1. The molecule has 8 heteroatoms. The Hall–Kier alpha value is -4.17. The zero-order chi connectivity index (χ0) is 25.0. The first-order valence-electron chi connectivity index (χ1n) is 11.0. The first kappa shape index (κ1) is 24.0. The zero-order valence-corrected chi connectivity index (χ0v) is 20.5. The first-order valence-corrected chi connectivity index (χ1v) is 12.4. The SMILES string of the molecule is Cc1cc(/C=N\NC(=O)c2ccc(N(C)S(=O)(=O)c3ccccc3)cc2)c(C)n1-c1ccccc1. The van der Waals surface area contributed by atoms with Gasteiger partial charge in [0, 0.05) is 35.2 Å². The van der Waals surface area contributed by atoms with Gasteiger partial charge in [-0.3, -0.25) is 9.10 Å². The molecule has 4 aromatic rings. The lowest BCUT2D eigenvalue weighted by Gasteiger charge is -2.19. The molecule has 0 aliphatic carbocycles. The number of anilines is 1. The van der Waals surface area contributed by atoms with E-state index in [4.69, 9.17) is 0 Å². The van der Waals surface area contributed by atoms with Crippen molar-refractivity contribution in [3.8, 4) is 5.69 Å². The van der Waals surface area contributed by atoms with Crippen molar-refractivity contribution in [1.82, 2.24) is 9.99 Å². The highest BCUT2D eigenvalue weighted by atomic mass is 32.2. The number of benzene rings is 3. The number of amides is 1. The van der Waals surface area contributed by atoms with Crippen molar-refractivity contribution >= 4 is 27.8 Å². The van der Waals surface area contributed by atoms with Gasteiger partial charge in [-0.25, -0.2) is 13.8 Å². The molecule has 1 aromatic heterocycles. The molecular formula is C27H26N4O3S. The van der Waals surface area contributed by atoms with Crippen molar-refractivity contribution in [3.05, 3.63) is 114 Å². The van der Waals surface area contributed by atoms with Gasteiger partial charge < -0.3 is 4.57 Å². The minimum atomic E-state index is -3.69. The monoisotopic (exact) mass is 486 g/mol. The third-order valence-electron chi connectivity index (χ3n) is 5.75. The van der Waals surface area contributed by atoms with E-state index in [-0.39, 0.29) is 4.90 Å². The van der Waals surface area contributed by atoms with E-state index >= 15 is 0 Å². The number of nitrogens with zero attached hydrogens (tertiary/aromatic N) is 3. The van der Waals surface area contributed by atoms with E-state index in [1.165, 1.54) is 11.4 Å². The smallest absolute Gasteiger partial charge is 0.271 e. The molecule has 0 fully saturated rings. The average Bonchev–Trinajstić information content (AvgIpc) is 3.17. The fourth-order valence-corrected chi connectivity index (χ4v) is 5.05. The third-order valence-corrected chi connectivity index (χ3v) is 7.55. The van der Waals surface area contributed by atoms with Crippen LogP contribution < -0.4 is 9.73 Å². The largest absolute Gasteiger partial charge is 0.318 e. The van der Waals surface area contributed by atoms with E-state index in [0.717, 1.165) is 22.6 Å². The molecule has 0 atom stereocenters. The van der Waals surface area contributed by atoms with Gasteiger partial charge in [0.15, 0.2) is 0 Å². The Balaban J connectivity index is 1.44. The predicted octanol–water partition coefficient (Wildman–Crippen LogP) is 4.68. The number of hydrogen-bond acceptors (Lipinski definition) is 4. The molecule has 0 saturated carbocycles. The van der Waals surface area contributed by atoms with Crippen molar-refractivity contribution < 1.29 is 13.2 Å². The van der Waals surface area contributed by atoms with Gasteiger partial charge >= 0.3 is 0 Å². The highest BCUT2D eigenvalue weighted by Gasteiger charge is 2.21. The summed E-state index contributed by atoms with van der Waals surface area (Å²) in [5, 5.41) is 4.12. The van der Waals surface area contributed by atoms with Gasteiger partial charge in [-0.2, -0.15) is 5.10 Å². The minimum Gasteiger partial charge on any atom is -0.318 e. The van der Waals surface area contributed by atoms with Crippen LogP contribution in [0, 0.1) is 13.8 Å². The van der Waals surface area contributed by atoms with Gasteiger partial charge in [0.25, 0.3) is 15.9 Å². The third kappa shape index (κ3) is 5.02. The summed E-state index contributed by atoms with van der Waals surface area (Å²) in [6.45, 7) is 4.02. The van der Waals surface area contributed by atoms with Crippen molar-refractivity contribution in [2.45, 2.75) is 18.7 Å². The van der Waals surface area contributed by atoms with Gasteiger partial charge in [0.05, 0.1) is 16.8 Å². The maximum Gasteiger partial charge on any atom is 0.271 e. The lowest BCUT2D eigenvalue weighted by molar-refractivity contribution is 0.0955. The van der Waals surface area contributed by atoms with Crippen LogP contribution in [0.25, 0.3) is 5.69 Å². The number of carbonyl (C=O) groups excluding carboxylic acids is 1. The second kappa shape index (κ2) is 9.99. The molecular weight excluding hydrogens is 460 g/mol. The number of aromatic nitrogens is 1. The summed E-state index contributed by atoms with van der Waals surface area (Å²) < 4.78 is 28.9. The number of para-hydroxylation sites is 1. The second-order valence-corrected chi connectivity index (χ2v) is 10.00. The van der Waals surface area contributed by atoms with Crippen molar-refractivity contribution in [3.63, 3.8) is 0 Å². The van der Waals surface area contributed by atoms with Crippen LogP contribution in [0.1, 0.15) is 27.3 Å². The lowest BCUT2D eigenvalue weighted by Crippen LogP contribution is -2.26. The molecule has 35 heavy (non-hydrogen) atoms. The van der Waals surface area contributed by atoms with Crippen molar-refractivity contribution in [1.29, 1.82) is 0 Å². The minimum absolute atomic E-state index is 0.199. The Labute approximate surface area is 205 Å². The van der Waals surface area contributed by atoms with Crippen LogP contribution in [0.2, 0.25) is 0 Å². The Morgan fingerprint density at radius 3 is 2.14 bits per heavy atom. The van der Waals surface area contributed by atoms with Gasteiger partial charge in [-0.1, -0.05) is 36.4 Å². The van der Waals surface area contributed by atoms with Crippen molar-refractivity contribution in [2.24, 2.45) is 5.10 Å². The van der Waals surface area contributed by atoms with Gasteiger partial charge in [-0.15, -0.1) is 0 Å². The molecule has 7 nitrogen and oxygen atoms in total. The molecule has 0 radical (unpaired) electrons. The fourth-order valence-electron chi connectivity index (χ4n) is 3.83. The topological polar surface area (TPSA) is 83.8 Å². The van der Waals surface area contributed by atoms with Crippen LogP contribution in [-0.4, -0.2) is 32.2 Å². The predicted molar refractivity (Wildman–Crippen MR) is 139 cm³/mol. The fraction of sp³-hybridized carbons (Fsp3) is 0.111. The molecule has 0 unspecified atom stereocenters. The summed E-state index contributed by atoms with van der Waals surface area (Å²) in [6.07, 6.45) is 1.62. The zero-order valence-electron chi connectivity index (χ0n) is 19.7. The van der Waals surface area contributed by atoms with E-state index in [0.29, 0.717) is 11.3 Å². The highest BCUT2D eigenvalue weighted by molar-refractivity contribution is 7.92. The van der Waals surface area contributed by atoms with E-state index in [2.05, 4.69) is 15.1 Å². The Bertz CT molecular complexity index is 1460. The lowest BCUT2D eigenvalue weighted by atomic mass is 10.2. The molecule has 1 N–H and O–H groups in total. The molecule has 0 saturated heterocycles. The quantitative estimate of drug-likeness (QED) is 0.304. The molecule has 0 aliphatic heterocycles. The summed E-state index contributed by atoms with van der Waals surface area (Å²) in [5.41, 5.74) is 7.38. The summed E-state index contributed by atoms with van der Waals surface area (Å²) >= 11 is 0. The number of nitrogens with one attached hydrogen (secondary N) is 1. The summed E-state index contributed by atoms with van der Waals surface area (Å²) in [5.74, 6) is -0.391. The molecule has 3 aromatic carbocycles.